The summed E-state index contributed by atoms with van der Waals surface area (Å²) < 4.78 is 0.995. The van der Waals surface area contributed by atoms with Crippen LogP contribution in [0.15, 0.2) is 0 Å². The molecule has 0 atom stereocenters. The van der Waals surface area contributed by atoms with Gasteiger partial charge in [-0.1, -0.05) is 24.0 Å². The number of carbonyl (C=O) groups excluding carboxylic acids is 1. The Bertz CT molecular complexity index is 316. The molecule has 2 heterocycles. The summed E-state index contributed by atoms with van der Waals surface area (Å²) >= 11 is 7.17. The van der Waals surface area contributed by atoms with Gasteiger partial charge >= 0.3 is 0 Å². The molecule has 102 valence electrons. The van der Waals surface area contributed by atoms with Crippen LogP contribution in [0.25, 0.3) is 0 Å². The van der Waals surface area contributed by atoms with Crippen LogP contribution in [-0.4, -0.2) is 77.0 Å². The van der Waals surface area contributed by atoms with E-state index in [1.807, 2.05) is 4.90 Å². The van der Waals surface area contributed by atoms with Gasteiger partial charge in [0.05, 0.1) is 0 Å². The number of carbonyl (C=O) groups is 1. The van der Waals surface area contributed by atoms with Crippen LogP contribution in [0.2, 0.25) is 0 Å². The zero-order valence-corrected chi connectivity index (χ0v) is 12.6. The molecule has 0 aromatic heterocycles. The Labute approximate surface area is 119 Å². The van der Waals surface area contributed by atoms with Gasteiger partial charge in [0.2, 0.25) is 5.91 Å². The van der Waals surface area contributed by atoms with E-state index in [1.54, 1.807) is 11.8 Å². The van der Waals surface area contributed by atoms with Crippen LogP contribution in [0.1, 0.15) is 12.8 Å². The van der Waals surface area contributed by atoms with Crippen molar-refractivity contribution >= 4 is 34.2 Å². The van der Waals surface area contributed by atoms with E-state index in [0.29, 0.717) is 5.91 Å². The lowest BCUT2D eigenvalue weighted by atomic mass is 10.4. The van der Waals surface area contributed by atoms with Crippen molar-refractivity contribution in [3.05, 3.63) is 0 Å². The molecule has 0 aromatic carbocycles. The zero-order valence-electron chi connectivity index (χ0n) is 10.9. The first-order valence-electron chi connectivity index (χ1n) is 6.55. The number of likely N-dealkylation sites (N-methyl/N-ethyl adjacent to an activating group) is 1. The minimum atomic E-state index is 0.307. The lowest BCUT2D eigenvalue weighted by Crippen LogP contribution is -2.46. The summed E-state index contributed by atoms with van der Waals surface area (Å²) in [6, 6.07) is 0. The van der Waals surface area contributed by atoms with E-state index >= 15 is 0 Å². The zero-order chi connectivity index (χ0) is 13.0. The van der Waals surface area contributed by atoms with Crippen molar-refractivity contribution in [3.63, 3.8) is 0 Å². The maximum absolute atomic E-state index is 11.5. The summed E-state index contributed by atoms with van der Waals surface area (Å²) in [6.07, 6.45) is 1.75. The molecule has 0 saturated carbocycles. The number of piperazine rings is 1. The second-order valence-electron chi connectivity index (χ2n) is 4.89. The van der Waals surface area contributed by atoms with Crippen LogP contribution in [0.4, 0.5) is 0 Å². The van der Waals surface area contributed by atoms with Gasteiger partial charge < -0.3 is 14.7 Å². The Hall–Kier alpha value is -0.330. The highest BCUT2D eigenvalue weighted by atomic mass is 32.2. The van der Waals surface area contributed by atoms with Gasteiger partial charge in [-0.2, -0.15) is 0 Å². The van der Waals surface area contributed by atoms with Gasteiger partial charge in [-0.25, -0.2) is 0 Å². The standard InChI is InChI=1S/C12H21N3OS2/c1-13-5-7-15(8-6-13)12(17)18-10-9-14-4-2-3-11(14)16/h2-10H2,1H3. The Morgan fingerprint density at radius 2 is 2.00 bits per heavy atom. The van der Waals surface area contributed by atoms with Gasteiger partial charge in [0.1, 0.15) is 4.32 Å². The molecule has 0 aliphatic carbocycles. The van der Waals surface area contributed by atoms with Gasteiger partial charge in [0.25, 0.3) is 0 Å². The molecule has 0 aromatic rings. The van der Waals surface area contributed by atoms with E-state index in [2.05, 4.69) is 16.8 Å². The van der Waals surface area contributed by atoms with Crippen molar-refractivity contribution in [3.8, 4) is 0 Å². The smallest absolute Gasteiger partial charge is 0.222 e. The molecule has 0 bridgehead atoms. The number of hydrogen-bond acceptors (Lipinski definition) is 4. The van der Waals surface area contributed by atoms with Crippen LogP contribution in [0.3, 0.4) is 0 Å². The molecular formula is C12H21N3OS2. The molecule has 0 spiro atoms. The predicted molar refractivity (Wildman–Crippen MR) is 79.9 cm³/mol. The van der Waals surface area contributed by atoms with Gasteiger partial charge in [-0.3, -0.25) is 4.79 Å². The fraction of sp³-hybridized carbons (Fsp3) is 0.833. The maximum atomic E-state index is 11.5. The van der Waals surface area contributed by atoms with Crippen LogP contribution in [0.5, 0.6) is 0 Å². The molecule has 0 radical (unpaired) electrons. The third kappa shape index (κ3) is 3.83. The van der Waals surface area contributed by atoms with Crippen molar-refractivity contribution in [1.29, 1.82) is 0 Å². The third-order valence-corrected chi connectivity index (χ3v) is 5.02. The largest absolute Gasteiger partial charge is 0.355 e. The Morgan fingerprint density at radius 1 is 1.28 bits per heavy atom. The Balaban J connectivity index is 1.64. The van der Waals surface area contributed by atoms with Crippen molar-refractivity contribution in [2.75, 3.05) is 52.1 Å². The van der Waals surface area contributed by atoms with Crippen molar-refractivity contribution in [1.82, 2.24) is 14.7 Å². The first-order chi connectivity index (χ1) is 8.66. The number of thioether (sulfide) groups is 1. The van der Waals surface area contributed by atoms with Crippen LogP contribution < -0.4 is 0 Å². The summed E-state index contributed by atoms with van der Waals surface area (Å²) in [5.74, 6) is 1.23. The lowest BCUT2D eigenvalue weighted by Gasteiger charge is -2.33. The average molecular weight is 287 g/mol. The molecule has 2 aliphatic rings. The highest BCUT2D eigenvalue weighted by molar-refractivity contribution is 8.22. The highest BCUT2D eigenvalue weighted by Gasteiger charge is 2.20. The fourth-order valence-electron chi connectivity index (χ4n) is 2.26. The summed E-state index contributed by atoms with van der Waals surface area (Å²) in [5, 5.41) is 0. The molecule has 2 rings (SSSR count). The van der Waals surface area contributed by atoms with Crippen molar-refractivity contribution in [2.24, 2.45) is 0 Å². The van der Waals surface area contributed by atoms with E-state index in [4.69, 9.17) is 12.2 Å². The summed E-state index contributed by atoms with van der Waals surface area (Å²) in [5.41, 5.74) is 0. The second kappa shape index (κ2) is 6.73. The van der Waals surface area contributed by atoms with E-state index in [0.717, 1.165) is 62.2 Å². The lowest BCUT2D eigenvalue weighted by molar-refractivity contribution is -0.127. The van der Waals surface area contributed by atoms with Crippen LogP contribution >= 0.6 is 24.0 Å². The van der Waals surface area contributed by atoms with Gasteiger partial charge in [-0.05, 0) is 13.5 Å². The number of likely N-dealkylation sites (tertiary alicyclic amines) is 1. The van der Waals surface area contributed by atoms with Crippen molar-refractivity contribution < 1.29 is 4.79 Å². The Kier molecular flexibility index (Phi) is 5.26. The molecule has 0 unspecified atom stereocenters. The number of nitrogens with zero attached hydrogens (tertiary/aromatic N) is 3. The van der Waals surface area contributed by atoms with E-state index < -0.39 is 0 Å². The molecule has 18 heavy (non-hydrogen) atoms. The van der Waals surface area contributed by atoms with E-state index in [1.165, 1.54) is 0 Å². The minimum Gasteiger partial charge on any atom is -0.355 e. The topological polar surface area (TPSA) is 26.8 Å². The first kappa shape index (κ1) is 14.1. The molecule has 2 aliphatic heterocycles. The SMILES string of the molecule is CN1CCN(C(=S)SCCN2CCCC2=O)CC1. The van der Waals surface area contributed by atoms with E-state index in [-0.39, 0.29) is 0 Å². The minimum absolute atomic E-state index is 0.307. The quantitative estimate of drug-likeness (QED) is 0.718. The molecule has 1 amide bonds. The molecule has 2 fully saturated rings. The van der Waals surface area contributed by atoms with Crippen LogP contribution in [-0.2, 0) is 4.79 Å². The summed E-state index contributed by atoms with van der Waals surface area (Å²) in [7, 11) is 2.15. The van der Waals surface area contributed by atoms with E-state index in [9.17, 15) is 4.79 Å². The maximum Gasteiger partial charge on any atom is 0.222 e. The predicted octanol–water partition coefficient (Wildman–Crippen LogP) is 0.874. The molecule has 2 saturated heterocycles. The fourth-order valence-corrected chi connectivity index (χ4v) is 3.55. The molecule has 4 nitrogen and oxygen atoms in total. The van der Waals surface area contributed by atoms with Gasteiger partial charge in [0.15, 0.2) is 0 Å². The molecular weight excluding hydrogens is 266 g/mol. The summed E-state index contributed by atoms with van der Waals surface area (Å²) in [4.78, 5) is 18.0. The number of amides is 1. The third-order valence-electron chi connectivity index (χ3n) is 3.52. The first-order valence-corrected chi connectivity index (χ1v) is 7.94. The average Bonchev–Trinajstić information content (AvgIpc) is 2.76. The van der Waals surface area contributed by atoms with Gasteiger partial charge in [-0.15, -0.1) is 0 Å². The van der Waals surface area contributed by atoms with Crippen LogP contribution in [0, 0.1) is 0 Å². The second-order valence-corrected chi connectivity index (χ2v) is 6.62. The summed E-state index contributed by atoms with van der Waals surface area (Å²) in [6.45, 7) is 6.02. The normalized spacial score (nSPS) is 21.7. The molecule has 6 heteroatoms. The van der Waals surface area contributed by atoms with Gasteiger partial charge in [0, 0.05) is 51.4 Å². The number of hydrogen-bond donors (Lipinski definition) is 0. The molecule has 0 N–H and O–H groups in total. The Morgan fingerprint density at radius 3 is 2.61 bits per heavy atom. The number of rotatable bonds is 3. The number of thiocarbonyl (C=S) groups is 1. The monoisotopic (exact) mass is 287 g/mol. The highest BCUT2D eigenvalue weighted by Crippen LogP contribution is 2.14. The van der Waals surface area contributed by atoms with Crippen molar-refractivity contribution in [2.45, 2.75) is 12.8 Å².